The fourth-order valence-electron chi connectivity index (χ4n) is 1.94. The van der Waals surface area contributed by atoms with Crippen molar-refractivity contribution in [2.45, 2.75) is 12.2 Å². The van der Waals surface area contributed by atoms with E-state index in [-0.39, 0.29) is 37.0 Å². The summed E-state index contributed by atoms with van der Waals surface area (Å²) in [5.74, 6) is -0.735. The van der Waals surface area contributed by atoms with Crippen molar-refractivity contribution in [2.75, 3.05) is 13.1 Å². The Bertz CT molecular complexity index is 698. The van der Waals surface area contributed by atoms with Crippen LogP contribution in [0, 0.1) is 0 Å². The van der Waals surface area contributed by atoms with Crippen molar-refractivity contribution >= 4 is 33.3 Å². The van der Waals surface area contributed by atoms with Gasteiger partial charge in [-0.2, -0.15) is 0 Å². The number of rotatable bonds is 6. The quantitative estimate of drug-likeness (QED) is 0.784. The second kappa shape index (κ2) is 7.04. The first-order valence-electron chi connectivity index (χ1n) is 6.58. The molecule has 1 aromatic carbocycles. The Morgan fingerprint density at radius 1 is 1.18 bits per heavy atom. The molecule has 0 aliphatic carbocycles. The zero-order valence-electron chi connectivity index (χ0n) is 11.7. The van der Waals surface area contributed by atoms with Gasteiger partial charge in [-0.05, 0) is 23.8 Å². The van der Waals surface area contributed by atoms with Crippen LogP contribution in [0.4, 0.5) is 0 Å². The number of nitrogens with one attached hydrogen (secondary N) is 1. The second-order valence-electron chi connectivity index (χ2n) is 4.83. The molecule has 1 amide bonds. The predicted octanol–water partition coefficient (Wildman–Crippen LogP) is 1.07. The van der Waals surface area contributed by atoms with Gasteiger partial charge >= 0.3 is 0 Å². The Morgan fingerprint density at radius 3 is 2.50 bits per heavy atom. The minimum absolute atomic E-state index is 0.0835. The lowest BCUT2D eigenvalue weighted by Gasteiger charge is -2.20. The van der Waals surface area contributed by atoms with Crippen molar-refractivity contribution in [3.05, 3.63) is 47.1 Å². The molecule has 1 aromatic rings. The number of benzene rings is 1. The summed E-state index contributed by atoms with van der Waals surface area (Å²) in [6.45, 7) is 0.267. The zero-order valence-corrected chi connectivity index (χ0v) is 13.2. The number of amides is 1. The summed E-state index contributed by atoms with van der Waals surface area (Å²) < 4.78 is 26.3. The van der Waals surface area contributed by atoms with Crippen LogP contribution in [0.1, 0.15) is 12.0 Å². The molecule has 0 atom stereocenters. The van der Waals surface area contributed by atoms with E-state index < -0.39 is 10.0 Å². The number of nitrogens with zero attached hydrogens (tertiary/aromatic N) is 1. The summed E-state index contributed by atoms with van der Waals surface area (Å²) in [7, 11) is -3.50. The molecule has 6 nitrogen and oxygen atoms in total. The topological polar surface area (TPSA) is 83.6 Å². The molecular weight excluding hydrogens is 328 g/mol. The molecule has 0 aromatic heterocycles. The Balaban J connectivity index is 1.85. The standard InChI is InChI=1S/C14H15ClN2O4S/c15-12-3-1-11(2-4-12)10-22(20,21)16-6-8-17-7-5-13(18)9-14(17)19/h1-5,7,16H,6,8-10H2. The molecule has 1 N–H and O–H groups in total. The number of halogens is 1. The minimum atomic E-state index is -3.50. The van der Waals surface area contributed by atoms with Gasteiger partial charge in [0.25, 0.3) is 0 Å². The fraction of sp³-hybridized carbons (Fsp3) is 0.286. The van der Waals surface area contributed by atoms with Crippen molar-refractivity contribution in [1.29, 1.82) is 0 Å². The highest BCUT2D eigenvalue weighted by Crippen LogP contribution is 2.11. The third-order valence-corrected chi connectivity index (χ3v) is 4.64. The van der Waals surface area contributed by atoms with Gasteiger partial charge in [0.15, 0.2) is 5.78 Å². The van der Waals surface area contributed by atoms with Crippen molar-refractivity contribution in [3.8, 4) is 0 Å². The summed E-state index contributed by atoms with van der Waals surface area (Å²) in [5, 5.41) is 0.541. The lowest BCUT2D eigenvalue weighted by Crippen LogP contribution is -2.38. The molecule has 0 bridgehead atoms. The number of ketones is 1. The lowest BCUT2D eigenvalue weighted by atomic mass is 10.2. The van der Waals surface area contributed by atoms with E-state index in [0.29, 0.717) is 10.6 Å². The van der Waals surface area contributed by atoms with Gasteiger partial charge in [0.05, 0.1) is 12.2 Å². The molecule has 8 heteroatoms. The molecular formula is C14H15ClN2O4S. The van der Waals surface area contributed by atoms with E-state index in [1.807, 2.05) is 0 Å². The molecule has 1 aliphatic heterocycles. The van der Waals surface area contributed by atoms with Gasteiger partial charge in [0, 0.05) is 24.3 Å². The van der Waals surface area contributed by atoms with E-state index in [2.05, 4.69) is 4.72 Å². The second-order valence-corrected chi connectivity index (χ2v) is 7.07. The number of carbonyl (C=O) groups is 2. The van der Waals surface area contributed by atoms with Crippen molar-refractivity contribution < 1.29 is 18.0 Å². The molecule has 1 heterocycles. The Labute approximate surface area is 133 Å². The van der Waals surface area contributed by atoms with Crippen molar-refractivity contribution in [2.24, 2.45) is 0 Å². The average molecular weight is 343 g/mol. The number of sulfonamides is 1. The van der Waals surface area contributed by atoms with Gasteiger partial charge in [-0.25, -0.2) is 13.1 Å². The summed E-state index contributed by atoms with van der Waals surface area (Å²) in [5.41, 5.74) is 0.622. The van der Waals surface area contributed by atoms with Crippen LogP contribution in [0.3, 0.4) is 0 Å². The molecule has 118 valence electrons. The molecule has 0 radical (unpaired) electrons. The highest BCUT2D eigenvalue weighted by atomic mass is 35.5. The van der Waals surface area contributed by atoms with Crippen LogP contribution in [0.25, 0.3) is 0 Å². The normalized spacial score (nSPS) is 15.4. The highest BCUT2D eigenvalue weighted by Gasteiger charge is 2.19. The maximum atomic E-state index is 11.9. The van der Waals surface area contributed by atoms with Crippen LogP contribution >= 0.6 is 11.6 Å². The molecule has 0 saturated heterocycles. The van der Waals surface area contributed by atoms with Gasteiger partial charge in [-0.15, -0.1) is 0 Å². The van der Waals surface area contributed by atoms with E-state index in [1.54, 1.807) is 24.3 Å². The van der Waals surface area contributed by atoms with E-state index in [4.69, 9.17) is 11.6 Å². The molecule has 0 unspecified atom stereocenters. The molecule has 0 saturated carbocycles. The van der Waals surface area contributed by atoms with Crippen LogP contribution in [-0.2, 0) is 25.4 Å². The molecule has 0 spiro atoms. The number of carbonyl (C=O) groups excluding carboxylic acids is 2. The van der Waals surface area contributed by atoms with Crippen LogP contribution in [-0.4, -0.2) is 38.1 Å². The largest absolute Gasteiger partial charge is 0.317 e. The number of allylic oxidation sites excluding steroid dienone is 1. The SMILES string of the molecule is O=C1C=CN(CCNS(=O)(=O)Cc2ccc(Cl)cc2)C(=O)C1. The lowest BCUT2D eigenvalue weighted by molar-refractivity contribution is -0.133. The van der Waals surface area contributed by atoms with Gasteiger partial charge in [-0.3, -0.25) is 9.59 Å². The predicted molar refractivity (Wildman–Crippen MR) is 82.6 cm³/mol. The minimum Gasteiger partial charge on any atom is -0.317 e. The van der Waals surface area contributed by atoms with Gasteiger partial charge in [0.1, 0.15) is 0 Å². The third-order valence-electron chi connectivity index (χ3n) is 3.03. The van der Waals surface area contributed by atoms with Crippen LogP contribution < -0.4 is 4.72 Å². The summed E-state index contributed by atoms with van der Waals surface area (Å²) in [6.07, 6.45) is 2.51. The first kappa shape index (κ1) is 16.7. The molecule has 1 aliphatic rings. The van der Waals surface area contributed by atoms with Gasteiger partial charge in [-0.1, -0.05) is 23.7 Å². The Kier molecular flexibility index (Phi) is 5.33. The van der Waals surface area contributed by atoms with E-state index in [9.17, 15) is 18.0 Å². The van der Waals surface area contributed by atoms with Gasteiger partial charge in [0.2, 0.25) is 15.9 Å². The highest BCUT2D eigenvalue weighted by molar-refractivity contribution is 7.88. The zero-order chi connectivity index (χ0) is 16.2. The Morgan fingerprint density at radius 2 is 1.86 bits per heavy atom. The average Bonchev–Trinajstić information content (AvgIpc) is 2.43. The number of hydrogen-bond donors (Lipinski definition) is 1. The van der Waals surface area contributed by atoms with E-state index in [1.165, 1.54) is 17.2 Å². The first-order chi connectivity index (χ1) is 10.4. The molecule has 22 heavy (non-hydrogen) atoms. The van der Waals surface area contributed by atoms with Gasteiger partial charge < -0.3 is 4.90 Å². The van der Waals surface area contributed by atoms with Crippen LogP contribution in [0.2, 0.25) is 5.02 Å². The first-order valence-corrected chi connectivity index (χ1v) is 8.61. The summed E-state index contributed by atoms with van der Waals surface area (Å²) in [4.78, 5) is 23.9. The third kappa shape index (κ3) is 4.94. The van der Waals surface area contributed by atoms with Crippen LogP contribution in [0.5, 0.6) is 0 Å². The monoisotopic (exact) mass is 342 g/mol. The molecule has 2 rings (SSSR count). The van der Waals surface area contributed by atoms with Crippen molar-refractivity contribution in [1.82, 2.24) is 9.62 Å². The summed E-state index contributed by atoms with van der Waals surface area (Å²) >= 11 is 5.74. The van der Waals surface area contributed by atoms with E-state index in [0.717, 1.165) is 0 Å². The smallest absolute Gasteiger partial charge is 0.234 e. The summed E-state index contributed by atoms with van der Waals surface area (Å²) in [6, 6.07) is 6.54. The Hall–Kier alpha value is -1.70. The van der Waals surface area contributed by atoms with E-state index >= 15 is 0 Å². The maximum Gasteiger partial charge on any atom is 0.234 e. The fourth-order valence-corrected chi connectivity index (χ4v) is 3.20. The van der Waals surface area contributed by atoms with Crippen LogP contribution in [0.15, 0.2) is 36.5 Å². The van der Waals surface area contributed by atoms with Crippen molar-refractivity contribution in [3.63, 3.8) is 0 Å². The molecule has 0 fully saturated rings. The number of hydrogen-bond acceptors (Lipinski definition) is 4. The maximum absolute atomic E-state index is 11.9.